The lowest BCUT2D eigenvalue weighted by Crippen LogP contribution is -2.21. The number of thiophene rings is 1. The Morgan fingerprint density at radius 1 is 1.04 bits per heavy atom. The van der Waals surface area contributed by atoms with Crippen molar-refractivity contribution in [2.45, 2.75) is 32.6 Å². The molecule has 1 aromatic carbocycles. The van der Waals surface area contributed by atoms with E-state index in [2.05, 4.69) is 5.32 Å². The Bertz CT molecular complexity index is 841. The van der Waals surface area contributed by atoms with Gasteiger partial charge < -0.3 is 14.8 Å². The number of aryl methyl sites for hydroxylation is 1. The van der Waals surface area contributed by atoms with Crippen molar-refractivity contribution >= 4 is 34.9 Å². The molecule has 0 spiro atoms. The van der Waals surface area contributed by atoms with E-state index in [-0.39, 0.29) is 6.61 Å². The van der Waals surface area contributed by atoms with Gasteiger partial charge in [0.1, 0.15) is 0 Å². The molecule has 0 unspecified atom stereocenters. The molecule has 1 aliphatic carbocycles. The first kappa shape index (κ1) is 19.1. The molecule has 0 saturated heterocycles. The van der Waals surface area contributed by atoms with E-state index in [1.807, 2.05) is 5.38 Å². The van der Waals surface area contributed by atoms with Gasteiger partial charge >= 0.3 is 11.9 Å². The summed E-state index contributed by atoms with van der Waals surface area (Å²) in [4.78, 5) is 37.1. The third-order valence-electron chi connectivity index (χ3n) is 4.30. The summed E-state index contributed by atoms with van der Waals surface area (Å²) in [5.41, 5.74) is 2.58. The number of hydrogen-bond acceptors (Lipinski definition) is 6. The third-order valence-corrected chi connectivity index (χ3v) is 5.38. The molecule has 1 aliphatic rings. The van der Waals surface area contributed by atoms with Crippen LogP contribution in [0, 0.1) is 0 Å². The molecular formula is C20H21NO5S. The molecule has 0 fully saturated rings. The minimum absolute atomic E-state index is 0.302. The van der Waals surface area contributed by atoms with E-state index < -0.39 is 17.8 Å². The average molecular weight is 387 g/mol. The average Bonchev–Trinajstić information content (AvgIpc) is 3.11. The fraction of sp³-hybridized carbons (Fsp3) is 0.350. The summed E-state index contributed by atoms with van der Waals surface area (Å²) in [5.74, 6) is -1.30. The van der Waals surface area contributed by atoms with Gasteiger partial charge in [0, 0.05) is 15.9 Å². The maximum Gasteiger partial charge on any atom is 0.339 e. The lowest BCUT2D eigenvalue weighted by atomic mass is 9.96. The van der Waals surface area contributed by atoms with Gasteiger partial charge in [-0.3, -0.25) is 4.79 Å². The highest BCUT2D eigenvalue weighted by Crippen LogP contribution is 2.30. The number of carbonyl (C=O) groups is 3. The van der Waals surface area contributed by atoms with Crippen molar-refractivity contribution in [1.29, 1.82) is 0 Å². The summed E-state index contributed by atoms with van der Waals surface area (Å²) < 4.78 is 10.1. The second kappa shape index (κ2) is 8.81. The molecule has 0 radical (unpaired) electrons. The quantitative estimate of drug-likeness (QED) is 0.766. The Labute approximate surface area is 161 Å². The molecule has 0 saturated carbocycles. The molecule has 2 aromatic rings. The van der Waals surface area contributed by atoms with Gasteiger partial charge in [0.2, 0.25) is 0 Å². The molecule has 3 rings (SSSR count). The Hall–Kier alpha value is -2.67. The highest BCUT2D eigenvalue weighted by molar-refractivity contribution is 7.10. The number of amides is 1. The fourth-order valence-corrected chi connectivity index (χ4v) is 4.09. The minimum atomic E-state index is -0.456. The number of nitrogens with one attached hydrogen (secondary N) is 1. The molecule has 0 bridgehead atoms. The van der Waals surface area contributed by atoms with Gasteiger partial charge in [0.05, 0.1) is 17.7 Å². The first-order valence-corrected chi connectivity index (χ1v) is 9.80. The van der Waals surface area contributed by atoms with Gasteiger partial charge in [-0.2, -0.15) is 0 Å². The summed E-state index contributed by atoms with van der Waals surface area (Å²) in [6.45, 7) is 1.68. The summed E-state index contributed by atoms with van der Waals surface area (Å²) in [6.07, 6.45) is 4.13. The monoisotopic (exact) mass is 387 g/mol. The Morgan fingerprint density at radius 3 is 2.52 bits per heavy atom. The number of hydrogen-bond donors (Lipinski definition) is 1. The molecular weight excluding hydrogens is 366 g/mol. The smallest absolute Gasteiger partial charge is 0.339 e. The van der Waals surface area contributed by atoms with Gasteiger partial charge in [0.25, 0.3) is 5.91 Å². The van der Waals surface area contributed by atoms with Crippen LogP contribution in [-0.4, -0.2) is 31.1 Å². The van der Waals surface area contributed by atoms with Crippen LogP contribution in [0.5, 0.6) is 0 Å². The molecule has 1 N–H and O–H groups in total. The third kappa shape index (κ3) is 4.74. The largest absolute Gasteiger partial charge is 0.462 e. The summed E-state index contributed by atoms with van der Waals surface area (Å²) in [5, 5.41) is 4.46. The lowest BCUT2D eigenvalue weighted by molar-refractivity contribution is -0.119. The van der Waals surface area contributed by atoms with E-state index in [9.17, 15) is 14.4 Å². The molecule has 0 atom stereocenters. The molecule has 27 heavy (non-hydrogen) atoms. The standard InChI is InChI=1S/C20H21NO5S/c1-2-25-19(23)13-7-9-14(10-8-13)21-18(22)11-26-20(24)16-12-27-17-6-4-3-5-15(16)17/h7-10,12H,2-6,11H2,1H3,(H,21,22). The fourth-order valence-electron chi connectivity index (χ4n) is 2.98. The number of anilines is 1. The van der Waals surface area contributed by atoms with E-state index in [0.29, 0.717) is 23.4 Å². The van der Waals surface area contributed by atoms with Crippen LogP contribution in [-0.2, 0) is 27.1 Å². The molecule has 142 valence electrons. The van der Waals surface area contributed by atoms with Gasteiger partial charge in [-0.05, 0) is 62.4 Å². The minimum Gasteiger partial charge on any atom is -0.462 e. The zero-order valence-corrected chi connectivity index (χ0v) is 15.9. The molecule has 1 amide bonds. The topological polar surface area (TPSA) is 81.7 Å². The number of fused-ring (bicyclic) bond motifs is 1. The first-order chi connectivity index (χ1) is 13.1. The zero-order valence-electron chi connectivity index (χ0n) is 15.1. The van der Waals surface area contributed by atoms with Crippen LogP contribution in [0.1, 0.15) is 50.9 Å². The van der Waals surface area contributed by atoms with Crippen LogP contribution in [0.3, 0.4) is 0 Å². The Kier molecular flexibility index (Phi) is 6.24. The highest BCUT2D eigenvalue weighted by atomic mass is 32.1. The number of benzene rings is 1. The van der Waals surface area contributed by atoms with Crippen molar-refractivity contribution in [3.05, 3.63) is 51.2 Å². The van der Waals surface area contributed by atoms with E-state index in [1.54, 1.807) is 42.5 Å². The van der Waals surface area contributed by atoms with Crippen LogP contribution in [0.2, 0.25) is 0 Å². The number of ether oxygens (including phenoxy) is 2. The highest BCUT2D eigenvalue weighted by Gasteiger charge is 2.21. The SMILES string of the molecule is CCOC(=O)c1ccc(NC(=O)COC(=O)c2csc3c2CCCC3)cc1. The van der Waals surface area contributed by atoms with Gasteiger partial charge in [0.15, 0.2) is 6.61 Å². The molecule has 6 nitrogen and oxygen atoms in total. The normalized spacial score (nSPS) is 12.8. The predicted octanol–water partition coefficient (Wildman–Crippen LogP) is 3.60. The Morgan fingerprint density at radius 2 is 1.78 bits per heavy atom. The van der Waals surface area contributed by atoms with Gasteiger partial charge in [-0.15, -0.1) is 11.3 Å². The van der Waals surface area contributed by atoms with Crippen LogP contribution in [0.4, 0.5) is 5.69 Å². The van der Waals surface area contributed by atoms with Crippen molar-refractivity contribution in [1.82, 2.24) is 0 Å². The molecule has 1 aromatic heterocycles. The maximum absolute atomic E-state index is 12.3. The molecule has 0 aliphatic heterocycles. The maximum atomic E-state index is 12.3. The van der Waals surface area contributed by atoms with Gasteiger partial charge in [-0.1, -0.05) is 0 Å². The molecule has 1 heterocycles. The number of esters is 2. The lowest BCUT2D eigenvalue weighted by Gasteiger charge is -2.12. The number of carbonyl (C=O) groups excluding carboxylic acids is 3. The number of rotatable bonds is 6. The van der Waals surface area contributed by atoms with Crippen LogP contribution in [0.25, 0.3) is 0 Å². The summed E-state index contributed by atoms with van der Waals surface area (Å²) in [6, 6.07) is 6.33. The van der Waals surface area contributed by atoms with Crippen molar-refractivity contribution in [3.8, 4) is 0 Å². The van der Waals surface area contributed by atoms with Crippen LogP contribution >= 0.6 is 11.3 Å². The van der Waals surface area contributed by atoms with E-state index in [0.717, 1.165) is 31.2 Å². The van der Waals surface area contributed by atoms with Crippen molar-refractivity contribution < 1.29 is 23.9 Å². The first-order valence-electron chi connectivity index (χ1n) is 8.92. The van der Waals surface area contributed by atoms with Crippen molar-refractivity contribution in [2.75, 3.05) is 18.5 Å². The Balaban J connectivity index is 1.51. The van der Waals surface area contributed by atoms with Gasteiger partial charge in [-0.25, -0.2) is 9.59 Å². The predicted molar refractivity (Wildman–Crippen MR) is 102 cm³/mol. The van der Waals surface area contributed by atoms with E-state index in [4.69, 9.17) is 9.47 Å². The van der Waals surface area contributed by atoms with Crippen molar-refractivity contribution in [2.24, 2.45) is 0 Å². The molecule has 7 heteroatoms. The second-order valence-electron chi connectivity index (χ2n) is 6.18. The van der Waals surface area contributed by atoms with Crippen LogP contribution < -0.4 is 5.32 Å². The van der Waals surface area contributed by atoms with E-state index in [1.165, 1.54) is 4.88 Å². The van der Waals surface area contributed by atoms with Crippen molar-refractivity contribution in [3.63, 3.8) is 0 Å². The summed E-state index contributed by atoms with van der Waals surface area (Å²) in [7, 11) is 0. The summed E-state index contributed by atoms with van der Waals surface area (Å²) >= 11 is 1.59. The van der Waals surface area contributed by atoms with Crippen LogP contribution in [0.15, 0.2) is 29.6 Å². The zero-order chi connectivity index (χ0) is 19.2. The van der Waals surface area contributed by atoms with E-state index >= 15 is 0 Å². The second-order valence-corrected chi connectivity index (χ2v) is 7.14.